The maximum Gasteiger partial charge on any atom is 0.327 e. The lowest BCUT2D eigenvalue weighted by molar-refractivity contribution is 0.258. The molecule has 2 amide bonds. The molecule has 1 aliphatic carbocycles. The molecule has 1 N–H and O–H groups in total. The van der Waals surface area contributed by atoms with Crippen molar-refractivity contribution < 1.29 is 13.9 Å². The largest absolute Gasteiger partial charge is 0.445 e. The van der Waals surface area contributed by atoms with Crippen molar-refractivity contribution in [3.8, 4) is 10.8 Å². The number of rotatable bonds is 5. The number of anilines is 2. The van der Waals surface area contributed by atoms with E-state index in [-0.39, 0.29) is 6.03 Å². The van der Waals surface area contributed by atoms with Crippen LogP contribution >= 0.6 is 11.3 Å². The average molecular weight is 384 g/mol. The molecule has 4 rings (SSSR count). The van der Waals surface area contributed by atoms with Gasteiger partial charge in [-0.3, -0.25) is 10.2 Å². The van der Waals surface area contributed by atoms with Gasteiger partial charge in [0, 0.05) is 25.0 Å². The standard InChI is InChI=1S/C19H17FN4O2S/c1-24(14-4-2-3-13(9-14)12-5-6-12)19(25)23-18-22-11-17(27-18)26-15-7-8-21-16(20)10-15/h2-4,7-12H,5-6H2,1H3,(H,22,23,25). The molecular formula is C19H17FN4O2S. The lowest BCUT2D eigenvalue weighted by atomic mass is 10.1. The van der Waals surface area contributed by atoms with Crippen LogP contribution in [0.4, 0.5) is 20.0 Å². The van der Waals surface area contributed by atoms with Gasteiger partial charge >= 0.3 is 6.03 Å². The van der Waals surface area contributed by atoms with Crippen LogP contribution in [0, 0.1) is 5.95 Å². The van der Waals surface area contributed by atoms with Gasteiger partial charge in [0.1, 0.15) is 5.75 Å². The van der Waals surface area contributed by atoms with E-state index in [9.17, 15) is 9.18 Å². The zero-order valence-electron chi connectivity index (χ0n) is 14.6. The minimum absolute atomic E-state index is 0.293. The van der Waals surface area contributed by atoms with Crippen LogP contribution in [0.15, 0.2) is 48.8 Å². The summed E-state index contributed by atoms with van der Waals surface area (Å²) in [6.45, 7) is 0. The SMILES string of the molecule is CN(C(=O)Nc1ncc(Oc2ccnc(F)c2)s1)c1cccc(C2CC2)c1. The fourth-order valence-corrected chi connectivity index (χ4v) is 3.30. The van der Waals surface area contributed by atoms with Crippen molar-refractivity contribution in [3.63, 3.8) is 0 Å². The zero-order chi connectivity index (χ0) is 18.8. The summed E-state index contributed by atoms with van der Waals surface area (Å²) in [6.07, 6.45) is 5.22. The molecule has 138 valence electrons. The summed E-state index contributed by atoms with van der Waals surface area (Å²) in [4.78, 5) is 21.7. The first kappa shape index (κ1) is 17.4. The highest BCUT2D eigenvalue weighted by atomic mass is 32.1. The van der Waals surface area contributed by atoms with Crippen molar-refractivity contribution in [1.82, 2.24) is 9.97 Å². The van der Waals surface area contributed by atoms with Crippen molar-refractivity contribution >= 4 is 28.2 Å². The predicted octanol–water partition coefficient (Wildman–Crippen LogP) is 5.02. The molecule has 0 aliphatic heterocycles. The van der Waals surface area contributed by atoms with Crippen LogP contribution in [0.2, 0.25) is 0 Å². The molecule has 0 radical (unpaired) electrons. The molecule has 1 saturated carbocycles. The van der Waals surface area contributed by atoms with Crippen LogP contribution in [0.1, 0.15) is 24.3 Å². The number of aromatic nitrogens is 2. The third-order valence-electron chi connectivity index (χ3n) is 4.23. The zero-order valence-corrected chi connectivity index (χ0v) is 15.4. The number of nitrogens with zero attached hydrogens (tertiary/aromatic N) is 3. The number of benzene rings is 1. The number of carbonyl (C=O) groups excluding carboxylic acids is 1. The number of nitrogens with one attached hydrogen (secondary N) is 1. The summed E-state index contributed by atoms with van der Waals surface area (Å²) in [7, 11) is 1.71. The third kappa shape index (κ3) is 4.22. The molecule has 3 aromatic rings. The normalized spacial score (nSPS) is 13.3. The highest BCUT2D eigenvalue weighted by Crippen LogP contribution is 2.41. The summed E-state index contributed by atoms with van der Waals surface area (Å²) in [5.41, 5.74) is 2.10. The number of halogens is 1. The summed E-state index contributed by atoms with van der Waals surface area (Å²) in [5.74, 6) is 0.316. The molecule has 1 fully saturated rings. The van der Waals surface area contributed by atoms with E-state index in [1.54, 1.807) is 18.0 Å². The first-order valence-electron chi connectivity index (χ1n) is 8.48. The molecule has 2 aromatic heterocycles. The highest BCUT2D eigenvalue weighted by Gasteiger charge is 2.24. The van der Waals surface area contributed by atoms with Crippen LogP contribution in [-0.2, 0) is 0 Å². The summed E-state index contributed by atoms with van der Waals surface area (Å²) >= 11 is 1.16. The van der Waals surface area contributed by atoms with Crippen molar-refractivity contribution in [3.05, 3.63) is 60.3 Å². The second-order valence-electron chi connectivity index (χ2n) is 6.26. The lowest BCUT2D eigenvalue weighted by Crippen LogP contribution is -2.31. The van der Waals surface area contributed by atoms with E-state index in [4.69, 9.17) is 4.74 Å². The molecule has 0 saturated heterocycles. The molecule has 0 bridgehead atoms. The van der Waals surface area contributed by atoms with Crippen LogP contribution in [-0.4, -0.2) is 23.0 Å². The van der Waals surface area contributed by atoms with Gasteiger partial charge in [0.25, 0.3) is 0 Å². The lowest BCUT2D eigenvalue weighted by Gasteiger charge is -2.18. The fourth-order valence-electron chi connectivity index (χ4n) is 2.63. The number of carbonyl (C=O) groups is 1. The Kier molecular flexibility index (Phi) is 4.72. The Bertz CT molecular complexity index is 974. The predicted molar refractivity (Wildman–Crippen MR) is 102 cm³/mol. The van der Waals surface area contributed by atoms with E-state index in [0.717, 1.165) is 17.0 Å². The Morgan fingerprint density at radius 2 is 2.15 bits per heavy atom. The third-order valence-corrected chi connectivity index (χ3v) is 5.02. The number of hydrogen-bond donors (Lipinski definition) is 1. The fraction of sp³-hybridized carbons (Fsp3) is 0.211. The van der Waals surface area contributed by atoms with E-state index in [0.29, 0.717) is 21.9 Å². The van der Waals surface area contributed by atoms with Gasteiger partial charge in [0.15, 0.2) is 5.13 Å². The number of amides is 2. The van der Waals surface area contributed by atoms with E-state index in [2.05, 4.69) is 21.4 Å². The van der Waals surface area contributed by atoms with Gasteiger partial charge in [-0.1, -0.05) is 23.5 Å². The first-order chi connectivity index (χ1) is 13.1. The van der Waals surface area contributed by atoms with E-state index >= 15 is 0 Å². The number of ether oxygens (including phenoxy) is 1. The van der Waals surface area contributed by atoms with Gasteiger partial charge in [-0.05, 0) is 42.5 Å². The second kappa shape index (κ2) is 7.32. The van der Waals surface area contributed by atoms with Crippen molar-refractivity contribution in [2.75, 3.05) is 17.3 Å². The summed E-state index contributed by atoms with van der Waals surface area (Å²) in [6, 6.07) is 10.4. The number of hydrogen-bond acceptors (Lipinski definition) is 5. The Labute approximate surface area is 159 Å². The van der Waals surface area contributed by atoms with Gasteiger partial charge in [0.2, 0.25) is 11.0 Å². The van der Waals surface area contributed by atoms with Crippen LogP contribution < -0.4 is 15.0 Å². The molecule has 0 atom stereocenters. The molecule has 2 heterocycles. The minimum atomic E-state index is -0.624. The van der Waals surface area contributed by atoms with Crippen LogP contribution in [0.25, 0.3) is 0 Å². The molecule has 1 aromatic carbocycles. The quantitative estimate of drug-likeness (QED) is 0.628. The van der Waals surface area contributed by atoms with E-state index in [1.165, 1.54) is 36.9 Å². The van der Waals surface area contributed by atoms with Gasteiger partial charge in [-0.2, -0.15) is 4.39 Å². The Balaban J connectivity index is 1.40. The monoisotopic (exact) mass is 384 g/mol. The maximum absolute atomic E-state index is 13.1. The van der Waals surface area contributed by atoms with Gasteiger partial charge in [-0.25, -0.2) is 14.8 Å². The second-order valence-corrected chi connectivity index (χ2v) is 7.25. The summed E-state index contributed by atoms with van der Waals surface area (Å²) < 4.78 is 18.6. The molecular weight excluding hydrogens is 367 g/mol. The van der Waals surface area contributed by atoms with Gasteiger partial charge in [0.05, 0.1) is 6.20 Å². The van der Waals surface area contributed by atoms with Crippen LogP contribution in [0.3, 0.4) is 0 Å². The average Bonchev–Trinajstić information content (AvgIpc) is 3.43. The van der Waals surface area contributed by atoms with Crippen molar-refractivity contribution in [2.45, 2.75) is 18.8 Å². The first-order valence-corrected chi connectivity index (χ1v) is 9.30. The molecule has 27 heavy (non-hydrogen) atoms. The molecule has 0 unspecified atom stereocenters. The summed E-state index contributed by atoms with van der Waals surface area (Å²) in [5, 5.41) is 3.59. The molecule has 0 spiro atoms. The number of thiazole rings is 1. The van der Waals surface area contributed by atoms with E-state index < -0.39 is 5.95 Å². The topological polar surface area (TPSA) is 67.4 Å². The highest BCUT2D eigenvalue weighted by molar-refractivity contribution is 7.17. The van der Waals surface area contributed by atoms with Crippen molar-refractivity contribution in [2.24, 2.45) is 0 Å². The molecule has 1 aliphatic rings. The molecule has 8 heteroatoms. The smallest absolute Gasteiger partial charge is 0.327 e. The van der Waals surface area contributed by atoms with Gasteiger partial charge in [-0.15, -0.1) is 0 Å². The Morgan fingerprint density at radius 1 is 1.30 bits per heavy atom. The van der Waals surface area contributed by atoms with E-state index in [1.807, 2.05) is 18.2 Å². The number of pyridine rings is 1. The maximum atomic E-state index is 13.1. The van der Waals surface area contributed by atoms with Gasteiger partial charge < -0.3 is 4.74 Å². The number of urea groups is 1. The van der Waals surface area contributed by atoms with Crippen molar-refractivity contribution in [1.29, 1.82) is 0 Å². The Morgan fingerprint density at radius 3 is 2.93 bits per heavy atom. The molecule has 6 nitrogen and oxygen atoms in total. The van der Waals surface area contributed by atoms with Crippen LogP contribution in [0.5, 0.6) is 10.8 Å². The minimum Gasteiger partial charge on any atom is -0.445 e. The Hall–Kier alpha value is -3.00.